The fourth-order valence-electron chi connectivity index (χ4n) is 13.7. The number of rotatable bonds is 16. The molecule has 0 aromatic heterocycles. The number of aliphatic hydroxyl groups excluding tert-OH is 4. The third-order valence-electron chi connectivity index (χ3n) is 17.8. The van der Waals surface area contributed by atoms with Crippen LogP contribution in [0.3, 0.4) is 0 Å². The number of hydrogen-bond acceptors (Lipinski definition) is 17. The second-order valence-corrected chi connectivity index (χ2v) is 24.3. The first-order valence-electron chi connectivity index (χ1n) is 28.5. The fraction of sp³-hybridized carbons (Fsp3) is 0.607. The van der Waals surface area contributed by atoms with Crippen molar-refractivity contribution in [3.05, 3.63) is 87.5 Å². The SMILES string of the molecule is CC(C)=CCCC1(C)C=Cc2c(c(CC=C(C)C)c3c(c2OC(=O)c2ccc(O[C@@H]4O[C@H](CO)[C@@H](O)[C@H](O)[C@H]4O)cc2)C(=O)C2C(NN4CCCCC4)C4CC5C(C)(C)OC(C/C=C(/C)C(=O)NN6CCCCC6)(C4=O)C25O3)O1. The van der Waals surface area contributed by atoms with Crippen molar-refractivity contribution < 1.29 is 68.0 Å². The molecule has 6 N–H and O–H groups in total. The number of nitrogens with one attached hydrogen (secondary N) is 2. The van der Waals surface area contributed by atoms with Gasteiger partial charge < -0.3 is 48.8 Å². The highest BCUT2D eigenvalue weighted by atomic mass is 16.7. The maximum atomic E-state index is 16.8. The van der Waals surface area contributed by atoms with Crippen LogP contribution in [0.4, 0.5) is 0 Å². The molecule has 4 saturated heterocycles. The second kappa shape index (κ2) is 22.2. The van der Waals surface area contributed by atoms with Gasteiger partial charge in [-0.2, -0.15) is 0 Å². The third kappa shape index (κ3) is 10.3. The molecule has 2 aromatic carbocycles. The molecule has 6 aliphatic heterocycles. The summed E-state index contributed by atoms with van der Waals surface area (Å²) in [5, 5.41) is 45.2. The molecular formula is C61H80N4O14. The summed E-state index contributed by atoms with van der Waals surface area (Å²) in [5.41, 5.74) is 5.24. The van der Waals surface area contributed by atoms with E-state index in [1.54, 1.807) is 13.0 Å². The minimum atomic E-state index is -1.73. The Morgan fingerprint density at radius 2 is 1.49 bits per heavy atom. The summed E-state index contributed by atoms with van der Waals surface area (Å²) < 4.78 is 40.3. The summed E-state index contributed by atoms with van der Waals surface area (Å²) in [5.74, 6) is -3.29. The van der Waals surface area contributed by atoms with Gasteiger partial charge in [-0.1, -0.05) is 42.2 Å². The summed E-state index contributed by atoms with van der Waals surface area (Å²) >= 11 is 0. The lowest BCUT2D eigenvalue weighted by atomic mass is 9.45. The lowest BCUT2D eigenvalue weighted by molar-refractivity contribution is -0.277. The van der Waals surface area contributed by atoms with Gasteiger partial charge in [0.1, 0.15) is 52.8 Å². The zero-order chi connectivity index (χ0) is 56.3. The highest BCUT2D eigenvalue weighted by Crippen LogP contribution is 2.70. The first-order chi connectivity index (χ1) is 37.6. The number of ether oxygens (including phenoxy) is 6. The molecule has 12 atom stereocenters. The number of Topliss-reactive ketones (excluding diaryl/α,β-unsaturated/α-hetero) is 2. The van der Waals surface area contributed by atoms with Gasteiger partial charge in [0.2, 0.25) is 6.29 Å². The van der Waals surface area contributed by atoms with E-state index < -0.39 is 89.5 Å². The van der Waals surface area contributed by atoms with E-state index in [-0.39, 0.29) is 58.7 Å². The molecular weight excluding hydrogens is 1010 g/mol. The lowest BCUT2D eigenvalue weighted by Gasteiger charge is -2.63. The number of aliphatic hydroxyl groups is 4. The van der Waals surface area contributed by atoms with Crippen molar-refractivity contribution in [3.8, 4) is 23.0 Å². The Kier molecular flexibility index (Phi) is 16.0. The van der Waals surface area contributed by atoms with Gasteiger partial charge in [0.25, 0.3) is 5.91 Å². The van der Waals surface area contributed by atoms with Gasteiger partial charge in [0, 0.05) is 61.6 Å². The molecule has 18 nitrogen and oxygen atoms in total. The van der Waals surface area contributed by atoms with Crippen LogP contribution in [0.1, 0.15) is 151 Å². The van der Waals surface area contributed by atoms with E-state index in [1.165, 1.54) is 24.3 Å². The van der Waals surface area contributed by atoms with Crippen molar-refractivity contribution in [2.75, 3.05) is 32.8 Å². The van der Waals surface area contributed by atoms with Crippen LogP contribution in [-0.2, 0) is 25.5 Å². The molecule has 1 spiro atoms. The maximum absolute atomic E-state index is 16.8. The topological polar surface area (TPSA) is 235 Å². The van der Waals surface area contributed by atoms with E-state index in [2.05, 4.69) is 21.9 Å². The van der Waals surface area contributed by atoms with E-state index >= 15 is 9.59 Å². The molecule has 18 heteroatoms. The van der Waals surface area contributed by atoms with Gasteiger partial charge in [-0.25, -0.2) is 14.8 Å². The molecule has 9 aliphatic rings. The van der Waals surface area contributed by atoms with E-state index in [0.29, 0.717) is 41.7 Å². The summed E-state index contributed by atoms with van der Waals surface area (Å²) in [6.45, 7) is 18.0. The maximum Gasteiger partial charge on any atom is 0.343 e. The molecule has 3 aliphatic carbocycles. The van der Waals surface area contributed by atoms with E-state index in [9.17, 15) is 30.0 Å². The Morgan fingerprint density at radius 3 is 2.15 bits per heavy atom. The van der Waals surface area contributed by atoms with Crippen molar-refractivity contribution in [1.82, 2.24) is 20.9 Å². The number of ketones is 2. The first-order valence-corrected chi connectivity index (χ1v) is 28.5. The van der Waals surface area contributed by atoms with Crippen LogP contribution < -0.4 is 29.8 Å². The minimum absolute atomic E-state index is 0.0368. The van der Waals surface area contributed by atoms with Gasteiger partial charge >= 0.3 is 5.97 Å². The number of amides is 1. The van der Waals surface area contributed by atoms with Crippen LogP contribution in [0, 0.1) is 17.8 Å². The van der Waals surface area contributed by atoms with Gasteiger partial charge in [0.15, 0.2) is 28.5 Å². The van der Waals surface area contributed by atoms with Gasteiger partial charge in [0.05, 0.1) is 29.3 Å². The van der Waals surface area contributed by atoms with Crippen molar-refractivity contribution in [3.63, 3.8) is 0 Å². The van der Waals surface area contributed by atoms with Crippen molar-refractivity contribution in [1.29, 1.82) is 0 Å². The number of fused-ring (bicyclic) bond motifs is 2. The molecule has 1 amide bonds. The van der Waals surface area contributed by atoms with E-state index in [1.807, 2.05) is 71.7 Å². The van der Waals surface area contributed by atoms with Crippen molar-refractivity contribution in [2.24, 2.45) is 17.8 Å². The summed E-state index contributed by atoms with van der Waals surface area (Å²) in [7, 11) is 0. The standard InChI is InChI=1S/C61H80N4O14/c1-34(2)16-15-25-59(8)26-24-40-51(77-59)39(22-17-35(3)4)53-44(52(40)76-56(73)37-18-20-38(21-19-37)74-57-50(70)49(69)47(67)42(33-66)75-57)48(68)45-46(62-64-28-11-9-12-29-64)41-32-43-58(6,7)79-60(54(41)71,61(43,45)78-53)27-23-36(5)55(72)63-65-30-13-10-14-31-65/h16-21,23-24,26,41-43,45-47,49-50,57,62,66-67,69-70H,9-15,22,25,27-33H2,1-8H3,(H,63,72)/b36-23-/t41?,42-,43?,45?,46?,47-,49+,50-,57-,59?,60?,61?/m1/s1. The fourth-order valence-corrected chi connectivity index (χ4v) is 13.7. The zero-order valence-corrected chi connectivity index (χ0v) is 47.0. The average Bonchev–Trinajstić information content (AvgIpc) is 3.21. The molecule has 0 radical (unpaired) electrons. The Bertz CT molecular complexity index is 2820. The Hall–Kier alpha value is -5.28. The molecule has 3 saturated carbocycles. The number of piperidine rings is 2. The molecule has 6 heterocycles. The number of nitrogens with zero attached hydrogens (tertiary/aromatic N) is 2. The first kappa shape index (κ1) is 57.0. The number of carbonyl (C=O) groups is 4. The summed E-state index contributed by atoms with van der Waals surface area (Å²) in [6, 6.07) is 5.04. The molecule has 428 valence electrons. The van der Waals surface area contributed by atoms with E-state index in [4.69, 9.17) is 28.4 Å². The Balaban J connectivity index is 1.12. The number of hydrogen-bond donors (Lipinski definition) is 6. The quantitative estimate of drug-likeness (QED) is 0.0461. The minimum Gasteiger partial charge on any atom is -0.482 e. The molecule has 79 heavy (non-hydrogen) atoms. The van der Waals surface area contributed by atoms with Crippen LogP contribution in [0.2, 0.25) is 0 Å². The predicted molar refractivity (Wildman–Crippen MR) is 292 cm³/mol. The average molecular weight is 1090 g/mol. The molecule has 4 bridgehead atoms. The Morgan fingerprint density at radius 1 is 0.823 bits per heavy atom. The molecule has 11 rings (SSSR count). The molecule has 7 unspecified atom stereocenters. The second-order valence-electron chi connectivity index (χ2n) is 24.3. The van der Waals surface area contributed by atoms with Gasteiger partial charge in [-0.3, -0.25) is 25.2 Å². The number of carbonyl (C=O) groups excluding carboxylic acids is 4. The largest absolute Gasteiger partial charge is 0.482 e. The van der Waals surface area contributed by atoms with E-state index in [0.717, 1.165) is 75.9 Å². The van der Waals surface area contributed by atoms with Gasteiger partial charge in [-0.05, 0) is 143 Å². The third-order valence-corrected chi connectivity index (χ3v) is 17.8. The number of benzene rings is 2. The predicted octanol–water partition coefficient (Wildman–Crippen LogP) is 6.41. The summed E-state index contributed by atoms with van der Waals surface area (Å²) in [4.78, 5) is 61.4. The number of allylic oxidation sites excluding steroid dienone is 4. The Labute approximate surface area is 463 Å². The number of esters is 1. The van der Waals surface area contributed by atoms with Crippen molar-refractivity contribution >= 4 is 29.5 Å². The highest BCUT2D eigenvalue weighted by Gasteiger charge is 2.85. The molecule has 7 fully saturated rings. The molecule has 2 aromatic rings. The van der Waals surface area contributed by atoms with Crippen LogP contribution in [0.25, 0.3) is 6.08 Å². The number of hydrazine groups is 2. The van der Waals surface area contributed by atoms with Crippen LogP contribution >= 0.6 is 0 Å². The van der Waals surface area contributed by atoms with Crippen LogP contribution in [0.5, 0.6) is 23.0 Å². The monoisotopic (exact) mass is 1090 g/mol. The summed E-state index contributed by atoms with van der Waals surface area (Å²) in [6.07, 6.45) is 10.1. The smallest absolute Gasteiger partial charge is 0.343 e. The van der Waals surface area contributed by atoms with Crippen LogP contribution in [-0.4, -0.2) is 146 Å². The van der Waals surface area contributed by atoms with Crippen LogP contribution in [0.15, 0.2) is 65.3 Å². The van der Waals surface area contributed by atoms with Gasteiger partial charge in [-0.15, -0.1) is 0 Å². The normalized spacial score (nSPS) is 33.6. The lowest BCUT2D eigenvalue weighted by Crippen LogP contribution is -2.82. The highest BCUT2D eigenvalue weighted by molar-refractivity contribution is 6.11. The van der Waals surface area contributed by atoms with Crippen molar-refractivity contribution in [2.45, 2.75) is 185 Å². The zero-order valence-electron chi connectivity index (χ0n) is 47.0.